The summed E-state index contributed by atoms with van der Waals surface area (Å²) in [6.45, 7) is 4.10. The smallest absolute Gasteiger partial charge is 0.161 e. The maximum absolute atomic E-state index is 5.88. The lowest BCUT2D eigenvalue weighted by Crippen LogP contribution is -2.13. The van der Waals surface area contributed by atoms with Crippen molar-refractivity contribution in [2.75, 3.05) is 13.2 Å². The van der Waals surface area contributed by atoms with Crippen molar-refractivity contribution in [1.82, 2.24) is 9.55 Å². The number of hydrogen-bond acceptors (Lipinski definition) is 3. The van der Waals surface area contributed by atoms with Crippen molar-refractivity contribution in [3.05, 3.63) is 42.0 Å². The predicted molar refractivity (Wildman–Crippen MR) is 82.0 cm³/mol. The van der Waals surface area contributed by atoms with Crippen LogP contribution in [-0.4, -0.2) is 22.8 Å². The quantitative estimate of drug-likeness (QED) is 0.818. The summed E-state index contributed by atoms with van der Waals surface area (Å²) in [6.07, 6.45) is 6.75. The van der Waals surface area contributed by atoms with E-state index >= 15 is 0 Å². The zero-order valence-corrected chi connectivity index (χ0v) is 12.5. The lowest BCUT2D eigenvalue weighted by atomic mass is 10.0. The maximum Gasteiger partial charge on any atom is 0.161 e. The predicted octanol–water partition coefficient (Wildman–Crippen LogP) is 3.24. The first-order valence-corrected chi connectivity index (χ1v) is 7.76. The molecule has 21 heavy (non-hydrogen) atoms. The first-order valence-electron chi connectivity index (χ1n) is 7.76. The van der Waals surface area contributed by atoms with Gasteiger partial charge in [0.25, 0.3) is 0 Å². The van der Waals surface area contributed by atoms with E-state index in [1.807, 2.05) is 37.5 Å². The lowest BCUT2D eigenvalue weighted by Gasteiger charge is -2.15. The molecule has 0 saturated heterocycles. The lowest BCUT2D eigenvalue weighted by molar-refractivity contribution is 0.265. The fourth-order valence-electron chi connectivity index (χ4n) is 2.82. The number of para-hydroxylation sites is 2. The Hall–Kier alpha value is -1.97. The topological polar surface area (TPSA) is 36.3 Å². The highest BCUT2D eigenvalue weighted by molar-refractivity contribution is 5.39. The Labute approximate surface area is 125 Å². The summed E-state index contributed by atoms with van der Waals surface area (Å²) >= 11 is 0. The standard InChI is InChI=1S/C17H22N2O2/c1-2-20-16-9-5-6-10-17(16)21-12-11-19-13-18-14-7-3-4-8-15(14)19/h5-6,9-10,13H,2-4,7-8,11-12H2,1H3. The van der Waals surface area contributed by atoms with E-state index in [-0.39, 0.29) is 0 Å². The van der Waals surface area contributed by atoms with Gasteiger partial charge >= 0.3 is 0 Å². The number of hydrogen-bond donors (Lipinski definition) is 0. The van der Waals surface area contributed by atoms with E-state index in [2.05, 4.69) is 9.55 Å². The Morgan fingerprint density at radius 3 is 2.67 bits per heavy atom. The summed E-state index contributed by atoms with van der Waals surface area (Å²) < 4.78 is 13.7. The molecule has 4 heteroatoms. The monoisotopic (exact) mass is 286 g/mol. The van der Waals surface area contributed by atoms with Gasteiger partial charge in [-0.2, -0.15) is 0 Å². The Kier molecular flexibility index (Phi) is 4.43. The van der Waals surface area contributed by atoms with Crippen molar-refractivity contribution in [2.45, 2.75) is 39.2 Å². The van der Waals surface area contributed by atoms with Gasteiger partial charge < -0.3 is 14.0 Å². The Bertz CT molecular complexity index is 592. The van der Waals surface area contributed by atoms with Gasteiger partial charge in [-0.25, -0.2) is 4.98 Å². The summed E-state index contributed by atoms with van der Waals surface area (Å²) in [4.78, 5) is 4.51. The number of fused-ring (bicyclic) bond motifs is 1. The molecular weight excluding hydrogens is 264 g/mol. The van der Waals surface area contributed by atoms with Crippen molar-refractivity contribution in [2.24, 2.45) is 0 Å². The van der Waals surface area contributed by atoms with Gasteiger partial charge in [-0.1, -0.05) is 12.1 Å². The van der Waals surface area contributed by atoms with Crippen molar-refractivity contribution in [3.63, 3.8) is 0 Å². The van der Waals surface area contributed by atoms with Crippen LogP contribution in [0.1, 0.15) is 31.2 Å². The number of nitrogens with zero attached hydrogens (tertiary/aromatic N) is 2. The van der Waals surface area contributed by atoms with Crippen LogP contribution in [0.5, 0.6) is 11.5 Å². The molecule has 0 bridgehead atoms. The zero-order chi connectivity index (χ0) is 14.5. The third-order valence-corrected chi connectivity index (χ3v) is 3.85. The molecule has 112 valence electrons. The first kappa shape index (κ1) is 14.0. The molecule has 0 amide bonds. The van der Waals surface area contributed by atoms with Crippen LogP contribution in [0.4, 0.5) is 0 Å². The number of aromatic nitrogens is 2. The number of imidazole rings is 1. The molecule has 0 unspecified atom stereocenters. The summed E-state index contributed by atoms with van der Waals surface area (Å²) in [5.74, 6) is 1.63. The van der Waals surface area contributed by atoms with E-state index in [0.717, 1.165) is 30.9 Å². The third kappa shape index (κ3) is 3.20. The van der Waals surface area contributed by atoms with Gasteiger partial charge in [0.05, 0.1) is 25.2 Å². The molecule has 2 aromatic rings. The van der Waals surface area contributed by atoms with Crippen LogP contribution < -0.4 is 9.47 Å². The number of benzene rings is 1. The molecule has 1 aliphatic carbocycles. The van der Waals surface area contributed by atoms with Gasteiger partial charge in [0.15, 0.2) is 11.5 Å². The van der Waals surface area contributed by atoms with E-state index in [9.17, 15) is 0 Å². The summed E-state index contributed by atoms with van der Waals surface area (Å²) in [5.41, 5.74) is 2.67. The Morgan fingerprint density at radius 1 is 1.10 bits per heavy atom. The molecular formula is C17H22N2O2. The van der Waals surface area contributed by atoms with Crippen LogP contribution in [0.2, 0.25) is 0 Å². The molecule has 0 radical (unpaired) electrons. The van der Waals surface area contributed by atoms with Gasteiger partial charge in [0.2, 0.25) is 0 Å². The molecule has 0 aliphatic heterocycles. The minimum absolute atomic E-state index is 0.632. The third-order valence-electron chi connectivity index (χ3n) is 3.85. The molecule has 0 N–H and O–H groups in total. The number of rotatable bonds is 6. The van der Waals surface area contributed by atoms with Crippen molar-refractivity contribution >= 4 is 0 Å². The molecule has 0 saturated carbocycles. The Morgan fingerprint density at radius 2 is 1.86 bits per heavy atom. The number of ether oxygens (including phenoxy) is 2. The average molecular weight is 286 g/mol. The highest BCUT2D eigenvalue weighted by Gasteiger charge is 2.15. The fourth-order valence-corrected chi connectivity index (χ4v) is 2.82. The molecule has 4 nitrogen and oxygen atoms in total. The van der Waals surface area contributed by atoms with E-state index in [1.54, 1.807) is 0 Å². The Balaban J connectivity index is 1.60. The van der Waals surface area contributed by atoms with Crippen LogP contribution in [0, 0.1) is 0 Å². The minimum Gasteiger partial charge on any atom is -0.490 e. The second-order valence-corrected chi connectivity index (χ2v) is 5.27. The highest BCUT2D eigenvalue weighted by Crippen LogP contribution is 2.26. The van der Waals surface area contributed by atoms with Gasteiger partial charge in [0.1, 0.15) is 6.61 Å². The van der Waals surface area contributed by atoms with Crippen LogP contribution in [0.25, 0.3) is 0 Å². The van der Waals surface area contributed by atoms with Crippen LogP contribution in [0.15, 0.2) is 30.6 Å². The maximum atomic E-state index is 5.88. The van der Waals surface area contributed by atoms with Gasteiger partial charge in [-0.3, -0.25) is 0 Å². The molecule has 3 rings (SSSR count). The van der Waals surface area contributed by atoms with Crippen molar-refractivity contribution in [1.29, 1.82) is 0 Å². The van der Waals surface area contributed by atoms with Crippen LogP contribution in [0.3, 0.4) is 0 Å². The average Bonchev–Trinajstić information content (AvgIpc) is 2.93. The van der Waals surface area contributed by atoms with Gasteiger partial charge in [-0.15, -0.1) is 0 Å². The minimum atomic E-state index is 0.632. The molecule has 1 aliphatic rings. The fraction of sp³-hybridized carbons (Fsp3) is 0.471. The summed E-state index contributed by atoms with van der Waals surface area (Å²) in [5, 5.41) is 0. The van der Waals surface area contributed by atoms with Crippen molar-refractivity contribution < 1.29 is 9.47 Å². The molecule has 1 aromatic carbocycles. The van der Waals surface area contributed by atoms with Crippen LogP contribution in [-0.2, 0) is 19.4 Å². The molecule has 1 heterocycles. The second-order valence-electron chi connectivity index (χ2n) is 5.27. The summed E-state index contributed by atoms with van der Waals surface area (Å²) in [6, 6.07) is 7.83. The largest absolute Gasteiger partial charge is 0.490 e. The van der Waals surface area contributed by atoms with Crippen molar-refractivity contribution in [3.8, 4) is 11.5 Å². The SMILES string of the molecule is CCOc1ccccc1OCCn1cnc2c1CCCC2. The zero-order valence-electron chi connectivity index (χ0n) is 12.5. The highest BCUT2D eigenvalue weighted by atomic mass is 16.5. The van der Waals surface area contributed by atoms with E-state index < -0.39 is 0 Å². The summed E-state index contributed by atoms with van der Waals surface area (Å²) in [7, 11) is 0. The first-order chi connectivity index (χ1) is 10.4. The van der Waals surface area contributed by atoms with Crippen LogP contribution >= 0.6 is 0 Å². The number of aryl methyl sites for hydroxylation is 1. The second kappa shape index (κ2) is 6.66. The van der Waals surface area contributed by atoms with E-state index in [1.165, 1.54) is 24.2 Å². The normalized spacial score (nSPS) is 13.8. The van der Waals surface area contributed by atoms with Gasteiger partial charge in [0, 0.05) is 5.69 Å². The van der Waals surface area contributed by atoms with E-state index in [4.69, 9.17) is 9.47 Å². The molecule has 0 atom stereocenters. The molecule has 0 fully saturated rings. The molecule has 0 spiro atoms. The van der Waals surface area contributed by atoms with E-state index in [0.29, 0.717) is 13.2 Å². The molecule has 1 aromatic heterocycles. The van der Waals surface area contributed by atoms with Gasteiger partial charge in [-0.05, 0) is 44.7 Å².